The van der Waals surface area contributed by atoms with Gasteiger partial charge in [0, 0.05) is 11.1 Å². The smallest absolute Gasteiger partial charge is 0.271 e. The Labute approximate surface area is 196 Å². The van der Waals surface area contributed by atoms with Crippen LogP contribution in [0.15, 0.2) is 65.3 Å². The molecule has 1 atom stereocenters. The highest BCUT2D eigenvalue weighted by Gasteiger charge is 2.43. The topological polar surface area (TPSA) is 105 Å². The first-order chi connectivity index (χ1) is 16.2. The van der Waals surface area contributed by atoms with Gasteiger partial charge in [0.1, 0.15) is 29.8 Å². The second-order valence-corrected chi connectivity index (χ2v) is 10.4. The van der Waals surface area contributed by atoms with Crippen LogP contribution in [0.1, 0.15) is 24.5 Å². The number of sulfone groups is 1. The van der Waals surface area contributed by atoms with Crippen LogP contribution in [0.3, 0.4) is 0 Å². The molecule has 0 N–H and O–H groups in total. The van der Waals surface area contributed by atoms with Crippen molar-refractivity contribution in [2.45, 2.75) is 26.0 Å². The van der Waals surface area contributed by atoms with Crippen LogP contribution >= 0.6 is 0 Å². The third-order valence-corrected chi connectivity index (χ3v) is 7.64. The Bertz CT molecular complexity index is 1370. The van der Waals surface area contributed by atoms with E-state index in [1.807, 2.05) is 6.07 Å². The molecule has 2 aromatic rings. The third kappa shape index (κ3) is 4.63. The summed E-state index contributed by atoms with van der Waals surface area (Å²) in [4.78, 5) is 26.9. The predicted molar refractivity (Wildman–Crippen MR) is 122 cm³/mol. The molecule has 0 radical (unpaired) electrons. The molecule has 2 aromatic carbocycles. The number of imide groups is 1. The number of carbonyl (C=O) groups excluding carboxylic acids is 2. The second-order valence-electron chi connectivity index (χ2n) is 8.16. The molecule has 7 nitrogen and oxygen atoms in total. The summed E-state index contributed by atoms with van der Waals surface area (Å²) in [7, 11) is -3.34. The molecule has 0 spiro atoms. The van der Waals surface area contributed by atoms with Crippen LogP contribution in [-0.4, -0.2) is 42.7 Å². The Kier molecular flexibility index (Phi) is 6.35. The zero-order valence-electron chi connectivity index (χ0n) is 18.3. The third-order valence-electron chi connectivity index (χ3n) is 5.89. The van der Waals surface area contributed by atoms with E-state index in [2.05, 4.69) is 0 Å². The average molecular weight is 481 g/mol. The molecule has 1 saturated heterocycles. The minimum atomic E-state index is -3.34. The first-order valence-corrected chi connectivity index (χ1v) is 12.4. The molecule has 0 bridgehead atoms. The van der Waals surface area contributed by atoms with E-state index in [0.29, 0.717) is 16.9 Å². The molecule has 4 rings (SSSR count). The predicted octanol–water partition coefficient (Wildman–Crippen LogP) is 3.18. The van der Waals surface area contributed by atoms with Crippen LogP contribution in [-0.2, 0) is 26.0 Å². The number of benzene rings is 2. The van der Waals surface area contributed by atoms with Gasteiger partial charge in [-0.15, -0.1) is 0 Å². The number of amides is 2. The van der Waals surface area contributed by atoms with Crippen LogP contribution < -0.4 is 4.74 Å². The van der Waals surface area contributed by atoms with Crippen LogP contribution in [0, 0.1) is 17.1 Å². The van der Waals surface area contributed by atoms with Gasteiger partial charge in [-0.2, -0.15) is 5.26 Å². The summed E-state index contributed by atoms with van der Waals surface area (Å²) < 4.78 is 43.2. The van der Waals surface area contributed by atoms with Gasteiger partial charge in [-0.05, 0) is 48.8 Å². The number of nitriles is 1. The minimum Gasteiger partial charge on any atom is -0.489 e. The van der Waals surface area contributed by atoms with Gasteiger partial charge in [0.05, 0.1) is 17.5 Å². The summed E-state index contributed by atoms with van der Waals surface area (Å²) in [6.07, 6.45) is 1.71. The van der Waals surface area contributed by atoms with Gasteiger partial charge < -0.3 is 4.74 Å². The summed E-state index contributed by atoms with van der Waals surface area (Å²) in [5, 5.41) is 9.52. The number of nitrogens with zero attached hydrogens (tertiary/aromatic N) is 2. The molecular formula is C25H21FN2O5S. The maximum atomic E-state index is 13.8. The Balaban J connectivity index is 1.58. The van der Waals surface area contributed by atoms with E-state index >= 15 is 0 Å². The highest BCUT2D eigenvalue weighted by Crippen LogP contribution is 2.31. The summed E-state index contributed by atoms with van der Waals surface area (Å²) in [5.74, 6) is -1.65. The summed E-state index contributed by atoms with van der Waals surface area (Å²) in [5.41, 5.74) is 1.26. The maximum absolute atomic E-state index is 13.8. The monoisotopic (exact) mass is 480 g/mol. The molecule has 2 amide bonds. The first kappa shape index (κ1) is 23.4. The van der Waals surface area contributed by atoms with Crippen LogP contribution in [0.5, 0.6) is 5.75 Å². The molecule has 0 saturated carbocycles. The van der Waals surface area contributed by atoms with Crippen molar-refractivity contribution in [1.82, 2.24) is 4.90 Å². The maximum Gasteiger partial charge on any atom is 0.271 e. The molecule has 34 heavy (non-hydrogen) atoms. The second kappa shape index (κ2) is 9.23. The van der Waals surface area contributed by atoms with Crippen molar-refractivity contribution in [1.29, 1.82) is 5.26 Å². The van der Waals surface area contributed by atoms with E-state index in [1.165, 1.54) is 13.0 Å². The molecule has 0 unspecified atom stereocenters. The fourth-order valence-electron chi connectivity index (χ4n) is 4.01. The average Bonchev–Trinajstić information content (AvgIpc) is 3.16. The number of hydrogen-bond acceptors (Lipinski definition) is 6. The normalized spacial score (nSPS) is 21.1. The lowest BCUT2D eigenvalue weighted by Gasteiger charge is -2.31. The molecule has 2 aliphatic rings. The molecule has 174 valence electrons. The van der Waals surface area contributed by atoms with E-state index in [-0.39, 0.29) is 47.1 Å². The summed E-state index contributed by atoms with van der Waals surface area (Å²) in [6.45, 7) is 1.58. The van der Waals surface area contributed by atoms with Crippen LogP contribution in [0.2, 0.25) is 0 Å². The molecule has 9 heteroatoms. The number of halogens is 1. The Morgan fingerprint density at radius 1 is 1.15 bits per heavy atom. The quantitative estimate of drug-likeness (QED) is 0.481. The molecule has 0 aromatic heterocycles. The SMILES string of the molecule is CC1=C(C#N)C(=O)N([C@H]2CCS(=O)(=O)C2)C(=O)/C1=C\c1ccc(OCc2ccccc2F)cc1. The molecule has 2 aliphatic heterocycles. The van der Waals surface area contributed by atoms with Gasteiger partial charge in [-0.3, -0.25) is 14.5 Å². The first-order valence-electron chi connectivity index (χ1n) is 10.6. The van der Waals surface area contributed by atoms with Gasteiger partial charge >= 0.3 is 0 Å². The van der Waals surface area contributed by atoms with Gasteiger partial charge in [0.2, 0.25) is 0 Å². The number of hydrogen-bond donors (Lipinski definition) is 0. The van der Waals surface area contributed by atoms with Crippen molar-refractivity contribution >= 4 is 27.7 Å². The molecule has 0 aliphatic carbocycles. The van der Waals surface area contributed by atoms with Crippen molar-refractivity contribution < 1.29 is 27.1 Å². The van der Waals surface area contributed by atoms with Crippen molar-refractivity contribution in [3.63, 3.8) is 0 Å². The zero-order chi connectivity index (χ0) is 24.5. The minimum absolute atomic E-state index is 0.0559. The summed E-state index contributed by atoms with van der Waals surface area (Å²) >= 11 is 0. The van der Waals surface area contributed by atoms with Crippen molar-refractivity contribution in [2.75, 3.05) is 11.5 Å². The fourth-order valence-corrected chi connectivity index (χ4v) is 5.71. The Morgan fingerprint density at radius 2 is 1.85 bits per heavy atom. The molecular weight excluding hydrogens is 459 g/mol. The largest absolute Gasteiger partial charge is 0.489 e. The van der Waals surface area contributed by atoms with Crippen LogP contribution in [0.4, 0.5) is 4.39 Å². The Morgan fingerprint density at radius 3 is 2.47 bits per heavy atom. The van der Waals surface area contributed by atoms with E-state index in [4.69, 9.17) is 4.74 Å². The zero-order valence-corrected chi connectivity index (χ0v) is 19.1. The van der Waals surface area contributed by atoms with Crippen molar-refractivity contribution in [3.05, 3.63) is 82.2 Å². The van der Waals surface area contributed by atoms with E-state index in [9.17, 15) is 27.7 Å². The number of ether oxygens (including phenoxy) is 1. The highest BCUT2D eigenvalue weighted by atomic mass is 32.2. The fraction of sp³-hybridized carbons (Fsp3) is 0.240. The van der Waals surface area contributed by atoms with E-state index in [0.717, 1.165) is 4.90 Å². The highest BCUT2D eigenvalue weighted by molar-refractivity contribution is 7.91. The van der Waals surface area contributed by atoms with E-state index < -0.39 is 27.7 Å². The number of carbonyl (C=O) groups is 2. The molecule has 2 heterocycles. The van der Waals surface area contributed by atoms with Crippen molar-refractivity contribution in [3.8, 4) is 11.8 Å². The number of rotatable bonds is 5. The van der Waals surface area contributed by atoms with E-state index in [1.54, 1.807) is 48.5 Å². The molecule has 1 fully saturated rings. The van der Waals surface area contributed by atoms with Crippen LogP contribution in [0.25, 0.3) is 6.08 Å². The standard InChI is InChI=1S/C25H21FN2O5S/c1-16-21(24(29)28(25(30)22(16)13-27)19-10-11-34(31,32)15-19)12-17-6-8-20(9-7-17)33-14-18-4-2-3-5-23(18)26/h2-9,12,19H,10-11,14-15H2,1H3/b21-12-/t19-/m0/s1. The lowest BCUT2D eigenvalue weighted by molar-refractivity contribution is -0.142. The summed E-state index contributed by atoms with van der Waals surface area (Å²) in [6, 6.07) is 14.1. The van der Waals surface area contributed by atoms with Gasteiger partial charge in [0.25, 0.3) is 11.8 Å². The lowest BCUT2D eigenvalue weighted by atomic mass is 9.92. The van der Waals surface area contributed by atoms with Gasteiger partial charge in [0.15, 0.2) is 9.84 Å². The van der Waals surface area contributed by atoms with Gasteiger partial charge in [-0.25, -0.2) is 12.8 Å². The van der Waals surface area contributed by atoms with Gasteiger partial charge in [-0.1, -0.05) is 30.3 Å². The van der Waals surface area contributed by atoms with Crippen molar-refractivity contribution in [2.24, 2.45) is 0 Å². The lowest BCUT2D eigenvalue weighted by Crippen LogP contribution is -2.49. The Hall–Kier alpha value is -3.77.